The van der Waals surface area contributed by atoms with Crippen molar-refractivity contribution >= 4 is 0 Å². The van der Waals surface area contributed by atoms with E-state index in [0.717, 1.165) is 0 Å². The van der Waals surface area contributed by atoms with Gasteiger partial charge < -0.3 is 9.47 Å². The lowest BCUT2D eigenvalue weighted by Crippen LogP contribution is -2.27. The number of para-hydroxylation sites is 2. The lowest BCUT2D eigenvalue weighted by molar-refractivity contribution is -0.0126. The molecule has 1 aliphatic heterocycles. The van der Waals surface area contributed by atoms with Crippen molar-refractivity contribution in [3.63, 3.8) is 0 Å². The fourth-order valence-electron chi connectivity index (χ4n) is 1.11. The summed E-state index contributed by atoms with van der Waals surface area (Å²) >= 11 is 0. The van der Waals surface area contributed by atoms with Crippen LogP contribution in [0, 0.1) is 0 Å². The zero-order valence-corrected chi connectivity index (χ0v) is 6.66. The third kappa shape index (κ3) is 1.11. The number of benzene rings is 1. The van der Waals surface area contributed by atoms with Crippen LogP contribution in [0.2, 0.25) is 0 Å². The molecule has 1 heterocycles. The Morgan fingerprint density at radius 3 is 2.17 bits per heavy atom. The minimum Gasteiger partial charge on any atom is -0.448 e. The molecule has 0 radical (unpaired) electrons. The summed E-state index contributed by atoms with van der Waals surface area (Å²) in [6, 6.07) is 7.18. The van der Waals surface area contributed by atoms with E-state index in [1.165, 1.54) is 6.92 Å². The van der Waals surface area contributed by atoms with Crippen LogP contribution in [-0.4, -0.2) is 12.5 Å². The van der Waals surface area contributed by atoms with Crippen molar-refractivity contribution in [1.82, 2.24) is 0 Å². The van der Waals surface area contributed by atoms with Crippen LogP contribution < -0.4 is 9.47 Å². The van der Waals surface area contributed by atoms with Gasteiger partial charge in [0.15, 0.2) is 17.7 Å². The Kier molecular flexibility index (Phi) is 1.64. The lowest BCUT2D eigenvalue weighted by atomic mass is 10.3. The van der Waals surface area contributed by atoms with Gasteiger partial charge in [-0.25, -0.2) is 4.39 Å². The molecule has 64 valence electrons. The minimum atomic E-state index is -1.11. The minimum absolute atomic E-state index is 0.618. The summed E-state index contributed by atoms with van der Waals surface area (Å²) in [4.78, 5) is 0. The molecule has 2 nitrogen and oxygen atoms in total. The van der Waals surface area contributed by atoms with Gasteiger partial charge >= 0.3 is 0 Å². The van der Waals surface area contributed by atoms with E-state index >= 15 is 0 Å². The molecular weight excluding hydrogens is 159 g/mol. The highest BCUT2D eigenvalue weighted by Gasteiger charge is 2.28. The lowest BCUT2D eigenvalue weighted by Gasteiger charge is -2.09. The Morgan fingerprint density at radius 1 is 1.25 bits per heavy atom. The Hall–Kier alpha value is -1.25. The quantitative estimate of drug-likeness (QED) is 0.639. The first-order chi connectivity index (χ1) is 5.77. The van der Waals surface area contributed by atoms with Gasteiger partial charge in [0.1, 0.15) is 0 Å². The molecule has 0 fully saturated rings. The van der Waals surface area contributed by atoms with Crippen molar-refractivity contribution in [2.24, 2.45) is 0 Å². The van der Waals surface area contributed by atoms with Gasteiger partial charge in [-0.05, 0) is 19.1 Å². The molecule has 1 aromatic carbocycles. The highest BCUT2D eigenvalue weighted by molar-refractivity contribution is 5.41. The summed E-state index contributed by atoms with van der Waals surface area (Å²) < 4.78 is 23.1. The first-order valence-electron chi connectivity index (χ1n) is 3.84. The number of hydrogen-bond donors (Lipinski definition) is 0. The van der Waals surface area contributed by atoms with Gasteiger partial charge in [0.2, 0.25) is 0 Å². The molecule has 3 heteroatoms. The second-order valence-electron chi connectivity index (χ2n) is 2.73. The summed E-state index contributed by atoms with van der Waals surface area (Å²) in [5, 5.41) is 0. The molecule has 0 saturated carbocycles. The van der Waals surface area contributed by atoms with E-state index in [4.69, 9.17) is 9.47 Å². The number of rotatable bonds is 1. The number of fused-ring (bicyclic) bond motifs is 1. The molecule has 0 aromatic heterocycles. The van der Waals surface area contributed by atoms with Crippen LogP contribution in [0.1, 0.15) is 6.92 Å². The van der Waals surface area contributed by atoms with Crippen LogP contribution in [0.15, 0.2) is 24.3 Å². The molecule has 1 aromatic rings. The summed E-state index contributed by atoms with van der Waals surface area (Å²) in [5.41, 5.74) is 0. The van der Waals surface area contributed by atoms with Crippen LogP contribution in [0.3, 0.4) is 0 Å². The standard InChI is InChI=1S/C9H9FO2/c1-6(10)9-11-7-4-2-3-5-8(7)12-9/h2-6,9H,1H3. The summed E-state index contributed by atoms with van der Waals surface area (Å²) in [7, 11) is 0. The van der Waals surface area contributed by atoms with E-state index in [-0.39, 0.29) is 0 Å². The number of ether oxygens (including phenoxy) is 2. The molecule has 1 aliphatic rings. The third-order valence-corrected chi connectivity index (χ3v) is 1.71. The Bertz CT molecular complexity index is 261. The van der Waals surface area contributed by atoms with Gasteiger partial charge in [0.25, 0.3) is 6.29 Å². The van der Waals surface area contributed by atoms with Crippen molar-refractivity contribution in [2.45, 2.75) is 19.4 Å². The molecule has 0 aliphatic carbocycles. The molecule has 0 amide bonds. The third-order valence-electron chi connectivity index (χ3n) is 1.71. The Morgan fingerprint density at radius 2 is 1.75 bits per heavy atom. The van der Waals surface area contributed by atoms with Crippen molar-refractivity contribution < 1.29 is 13.9 Å². The van der Waals surface area contributed by atoms with E-state index in [1.807, 2.05) is 12.1 Å². The molecule has 0 bridgehead atoms. The van der Waals surface area contributed by atoms with Crippen LogP contribution in [0.25, 0.3) is 0 Å². The number of halogens is 1. The molecule has 0 N–H and O–H groups in total. The molecule has 2 rings (SSSR count). The zero-order chi connectivity index (χ0) is 8.55. The van der Waals surface area contributed by atoms with Gasteiger partial charge in [-0.15, -0.1) is 0 Å². The van der Waals surface area contributed by atoms with E-state index in [0.29, 0.717) is 11.5 Å². The molecular formula is C9H9FO2. The van der Waals surface area contributed by atoms with E-state index in [9.17, 15) is 4.39 Å². The molecule has 1 unspecified atom stereocenters. The van der Waals surface area contributed by atoms with Crippen LogP contribution in [-0.2, 0) is 0 Å². The maximum absolute atomic E-state index is 12.7. The van der Waals surface area contributed by atoms with Crippen molar-refractivity contribution in [1.29, 1.82) is 0 Å². The number of hydrogen-bond acceptors (Lipinski definition) is 2. The molecule has 0 saturated heterocycles. The largest absolute Gasteiger partial charge is 0.448 e. The Labute approximate surface area is 69.9 Å². The predicted octanol–water partition coefficient (Wildman–Crippen LogP) is 2.14. The first-order valence-corrected chi connectivity index (χ1v) is 3.84. The van der Waals surface area contributed by atoms with Gasteiger partial charge in [-0.3, -0.25) is 0 Å². The van der Waals surface area contributed by atoms with Crippen LogP contribution >= 0.6 is 0 Å². The van der Waals surface area contributed by atoms with E-state index < -0.39 is 12.5 Å². The average Bonchev–Trinajstić information content (AvgIpc) is 2.46. The molecule has 1 atom stereocenters. The molecule has 0 spiro atoms. The van der Waals surface area contributed by atoms with Crippen LogP contribution in [0.5, 0.6) is 11.5 Å². The number of alkyl halides is 1. The van der Waals surface area contributed by atoms with Crippen molar-refractivity contribution in [3.8, 4) is 11.5 Å². The Balaban J connectivity index is 2.22. The van der Waals surface area contributed by atoms with Gasteiger partial charge in [0.05, 0.1) is 0 Å². The summed E-state index contributed by atoms with van der Waals surface area (Å²) in [6.07, 6.45) is -1.89. The highest BCUT2D eigenvalue weighted by Crippen LogP contribution is 2.35. The predicted molar refractivity (Wildman–Crippen MR) is 42.1 cm³/mol. The monoisotopic (exact) mass is 168 g/mol. The van der Waals surface area contributed by atoms with Gasteiger partial charge in [0, 0.05) is 0 Å². The van der Waals surface area contributed by atoms with E-state index in [1.54, 1.807) is 12.1 Å². The van der Waals surface area contributed by atoms with Gasteiger partial charge in [-0.1, -0.05) is 12.1 Å². The SMILES string of the molecule is CC(F)C1Oc2ccccc2O1. The zero-order valence-electron chi connectivity index (χ0n) is 6.66. The fraction of sp³-hybridized carbons (Fsp3) is 0.333. The summed E-state index contributed by atoms with van der Waals surface area (Å²) in [5.74, 6) is 1.24. The van der Waals surface area contributed by atoms with Crippen LogP contribution in [0.4, 0.5) is 4.39 Å². The van der Waals surface area contributed by atoms with Crippen molar-refractivity contribution in [2.75, 3.05) is 0 Å². The maximum Gasteiger partial charge on any atom is 0.272 e. The highest BCUT2D eigenvalue weighted by atomic mass is 19.1. The normalized spacial score (nSPS) is 17.8. The smallest absolute Gasteiger partial charge is 0.272 e. The fourth-order valence-corrected chi connectivity index (χ4v) is 1.11. The average molecular weight is 168 g/mol. The summed E-state index contributed by atoms with van der Waals surface area (Å²) in [6.45, 7) is 1.41. The second kappa shape index (κ2) is 2.66. The molecule has 12 heavy (non-hydrogen) atoms. The maximum atomic E-state index is 12.7. The topological polar surface area (TPSA) is 18.5 Å². The van der Waals surface area contributed by atoms with Crippen molar-refractivity contribution in [3.05, 3.63) is 24.3 Å². The second-order valence-corrected chi connectivity index (χ2v) is 2.73. The van der Waals surface area contributed by atoms with E-state index in [2.05, 4.69) is 0 Å². The van der Waals surface area contributed by atoms with Gasteiger partial charge in [-0.2, -0.15) is 0 Å². The first kappa shape index (κ1) is 7.40.